The van der Waals surface area contributed by atoms with Crippen LogP contribution in [-0.2, 0) is 9.59 Å². The molecule has 2 heteroatoms. The van der Waals surface area contributed by atoms with Crippen molar-refractivity contribution in [3.05, 3.63) is 0 Å². The first-order chi connectivity index (χ1) is 9.49. The summed E-state index contributed by atoms with van der Waals surface area (Å²) >= 11 is 0. The molecule has 2 nitrogen and oxygen atoms in total. The highest BCUT2D eigenvalue weighted by Crippen LogP contribution is 2.35. The molecule has 0 aromatic rings. The summed E-state index contributed by atoms with van der Waals surface area (Å²) in [5, 5.41) is 0. The molecule has 1 aliphatic rings. The van der Waals surface area contributed by atoms with Gasteiger partial charge >= 0.3 is 0 Å². The van der Waals surface area contributed by atoms with E-state index in [1.165, 1.54) is 0 Å². The van der Waals surface area contributed by atoms with Crippen LogP contribution < -0.4 is 0 Å². The van der Waals surface area contributed by atoms with E-state index in [1.54, 1.807) is 0 Å². The summed E-state index contributed by atoms with van der Waals surface area (Å²) in [5.74, 6) is 1.56. The first-order valence-corrected chi connectivity index (χ1v) is 8.55. The lowest BCUT2D eigenvalue weighted by Crippen LogP contribution is -2.31. The number of hydrogen-bond acceptors (Lipinski definition) is 2. The second-order valence-electron chi connectivity index (χ2n) is 9.14. The number of hydrogen-bond donors (Lipinski definition) is 0. The van der Waals surface area contributed by atoms with Crippen LogP contribution in [0.3, 0.4) is 0 Å². The van der Waals surface area contributed by atoms with Crippen LogP contribution >= 0.6 is 0 Å². The predicted octanol–water partition coefficient (Wildman–Crippen LogP) is 5.19. The van der Waals surface area contributed by atoms with Gasteiger partial charge in [0.25, 0.3) is 0 Å². The van der Waals surface area contributed by atoms with Gasteiger partial charge in [-0.05, 0) is 43.4 Å². The summed E-state index contributed by atoms with van der Waals surface area (Å²) in [6, 6.07) is 0. The van der Waals surface area contributed by atoms with Crippen molar-refractivity contribution in [2.75, 3.05) is 0 Å². The van der Waals surface area contributed by atoms with Crippen molar-refractivity contribution in [3.8, 4) is 0 Å². The van der Waals surface area contributed by atoms with Gasteiger partial charge in [-0.15, -0.1) is 0 Å². The Morgan fingerprint density at radius 1 is 0.905 bits per heavy atom. The minimum Gasteiger partial charge on any atom is -0.300 e. The van der Waals surface area contributed by atoms with Gasteiger partial charge in [0.15, 0.2) is 0 Å². The fraction of sp³-hybridized carbons (Fsp3) is 0.895. The van der Waals surface area contributed by atoms with Gasteiger partial charge in [-0.1, -0.05) is 41.5 Å². The van der Waals surface area contributed by atoms with Crippen LogP contribution in [0.15, 0.2) is 0 Å². The van der Waals surface area contributed by atoms with E-state index in [1.807, 2.05) is 20.8 Å². The highest BCUT2D eigenvalue weighted by molar-refractivity contribution is 5.86. The zero-order valence-electron chi connectivity index (χ0n) is 14.9. The highest BCUT2D eigenvalue weighted by Gasteiger charge is 2.33. The van der Waals surface area contributed by atoms with Gasteiger partial charge in [-0.25, -0.2) is 0 Å². The molecule has 122 valence electrons. The standard InChI is InChI=1S/C19H34O2/c1-18(2,3)12-11-16(20)13-14-7-9-15(10-8-14)17(21)19(4,5)6/h14-15H,7-13H2,1-6H3. The summed E-state index contributed by atoms with van der Waals surface area (Å²) in [6.45, 7) is 12.6. The van der Waals surface area contributed by atoms with Crippen molar-refractivity contribution in [2.24, 2.45) is 22.7 Å². The van der Waals surface area contributed by atoms with Crippen molar-refractivity contribution in [2.45, 2.75) is 86.5 Å². The molecule has 0 aliphatic heterocycles. The molecule has 1 fully saturated rings. The predicted molar refractivity (Wildman–Crippen MR) is 88.2 cm³/mol. The third-order valence-electron chi connectivity index (χ3n) is 4.63. The molecule has 0 aromatic heterocycles. The van der Waals surface area contributed by atoms with Gasteiger partial charge in [0.05, 0.1) is 0 Å². The average Bonchev–Trinajstić information content (AvgIpc) is 2.34. The van der Waals surface area contributed by atoms with Gasteiger partial charge in [-0.2, -0.15) is 0 Å². The van der Waals surface area contributed by atoms with Gasteiger partial charge in [0.2, 0.25) is 0 Å². The SMILES string of the molecule is CC(C)(C)CCC(=O)CC1CCC(C(=O)C(C)(C)C)CC1. The maximum atomic E-state index is 12.3. The molecule has 1 saturated carbocycles. The number of ketones is 2. The average molecular weight is 294 g/mol. The Kier molecular flexibility index (Phi) is 6.19. The summed E-state index contributed by atoms with van der Waals surface area (Å²) in [6.07, 6.45) is 6.47. The van der Waals surface area contributed by atoms with E-state index in [9.17, 15) is 9.59 Å². The Bertz CT molecular complexity index is 360. The summed E-state index contributed by atoms with van der Waals surface area (Å²) in [4.78, 5) is 24.4. The topological polar surface area (TPSA) is 34.1 Å². The van der Waals surface area contributed by atoms with E-state index in [2.05, 4.69) is 20.8 Å². The molecular weight excluding hydrogens is 260 g/mol. The fourth-order valence-corrected chi connectivity index (χ4v) is 3.18. The number of carbonyl (C=O) groups excluding carboxylic acids is 2. The van der Waals surface area contributed by atoms with Gasteiger partial charge < -0.3 is 0 Å². The van der Waals surface area contributed by atoms with Gasteiger partial charge in [0, 0.05) is 24.2 Å². The van der Waals surface area contributed by atoms with Crippen LogP contribution in [0.2, 0.25) is 0 Å². The summed E-state index contributed by atoms with van der Waals surface area (Å²) < 4.78 is 0. The van der Waals surface area contributed by atoms with Crippen molar-refractivity contribution < 1.29 is 9.59 Å². The molecule has 1 rings (SSSR count). The summed E-state index contributed by atoms with van der Waals surface area (Å²) in [5.41, 5.74) is 0.0203. The lowest BCUT2D eigenvalue weighted by atomic mass is 9.72. The van der Waals surface area contributed by atoms with Crippen molar-refractivity contribution in [1.82, 2.24) is 0 Å². The molecule has 0 aromatic carbocycles. The lowest BCUT2D eigenvalue weighted by molar-refractivity contribution is -0.131. The van der Waals surface area contributed by atoms with Crippen LogP contribution in [-0.4, -0.2) is 11.6 Å². The van der Waals surface area contributed by atoms with Crippen LogP contribution in [0.25, 0.3) is 0 Å². The quantitative estimate of drug-likeness (QED) is 0.699. The third kappa shape index (κ3) is 6.76. The van der Waals surface area contributed by atoms with Crippen molar-refractivity contribution in [1.29, 1.82) is 0 Å². The first-order valence-electron chi connectivity index (χ1n) is 8.55. The molecule has 0 heterocycles. The lowest BCUT2D eigenvalue weighted by Gasteiger charge is -2.31. The van der Waals surface area contributed by atoms with E-state index in [0.717, 1.165) is 38.5 Å². The molecule has 0 saturated heterocycles. The molecule has 0 unspecified atom stereocenters. The molecule has 21 heavy (non-hydrogen) atoms. The monoisotopic (exact) mass is 294 g/mol. The normalized spacial score (nSPS) is 23.9. The fourth-order valence-electron chi connectivity index (χ4n) is 3.18. The van der Waals surface area contributed by atoms with Crippen molar-refractivity contribution >= 4 is 11.6 Å². The van der Waals surface area contributed by atoms with E-state index in [0.29, 0.717) is 23.9 Å². The molecule has 1 aliphatic carbocycles. The zero-order chi connectivity index (χ0) is 16.3. The molecule has 0 bridgehead atoms. The minimum absolute atomic E-state index is 0.222. The third-order valence-corrected chi connectivity index (χ3v) is 4.63. The molecule has 0 radical (unpaired) electrons. The Hall–Kier alpha value is -0.660. The van der Waals surface area contributed by atoms with Gasteiger partial charge in [-0.3, -0.25) is 9.59 Å². The maximum absolute atomic E-state index is 12.3. The zero-order valence-corrected chi connectivity index (χ0v) is 14.9. The first kappa shape index (κ1) is 18.4. The highest BCUT2D eigenvalue weighted by atomic mass is 16.1. The van der Waals surface area contributed by atoms with Crippen LogP contribution in [0, 0.1) is 22.7 Å². The Balaban J connectivity index is 2.34. The number of carbonyl (C=O) groups is 2. The van der Waals surface area contributed by atoms with Crippen LogP contribution in [0.1, 0.15) is 86.5 Å². The second-order valence-corrected chi connectivity index (χ2v) is 9.14. The maximum Gasteiger partial charge on any atom is 0.141 e. The van der Waals surface area contributed by atoms with E-state index in [4.69, 9.17) is 0 Å². The van der Waals surface area contributed by atoms with E-state index >= 15 is 0 Å². The van der Waals surface area contributed by atoms with Crippen LogP contribution in [0.4, 0.5) is 0 Å². The molecule has 0 spiro atoms. The molecule has 0 N–H and O–H groups in total. The Morgan fingerprint density at radius 2 is 1.43 bits per heavy atom. The number of Topliss-reactive ketones (excluding diaryl/α,β-unsaturated/α-hetero) is 2. The minimum atomic E-state index is -0.222. The molecule has 0 amide bonds. The molecule has 0 atom stereocenters. The van der Waals surface area contributed by atoms with Gasteiger partial charge in [0.1, 0.15) is 11.6 Å². The second kappa shape index (κ2) is 7.07. The Labute approximate surface area is 131 Å². The van der Waals surface area contributed by atoms with E-state index in [-0.39, 0.29) is 16.7 Å². The number of rotatable bonds is 5. The molecular formula is C19H34O2. The Morgan fingerprint density at radius 3 is 1.86 bits per heavy atom. The van der Waals surface area contributed by atoms with Crippen molar-refractivity contribution in [3.63, 3.8) is 0 Å². The largest absolute Gasteiger partial charge is 0.300 e. The van der Waals surface area contributed by atoms with Crippen LogP contribution in [0.5, 0.6) is 0 Å². The summed E-state index contributed by atoms with van der Waals surface area (Å²) in [7, 11) is 0. The smallest absolute Gasteiger partial charge is 0.141 e. The van der Waals surface area contributed by atoms with E-state index < -0.39 is 0 Å².